The van der Waals surface area contributed by atoms with Crippen LogP contribution in [-0.2, 0) is 4.74 Å². The van der Waals surface area contributed by atoms with Crippen LogP contribution in [0.25, 0.3) is 0 Å². The molecule has 2 saturated heterocycles. The first kappa shape index (κ1) is 7.92. The van der Waals surface area contributed by atoms with Crippen molar-refractivity contribution in [1.29, 1.82) is 0 Å². The van der Waals surface area contributed by atoms with Crippen LogP contribution in [0.1, 0.15) is 12.8 Å². The van der Waals surface area contributed by atoms with Gasteiger partial charge in [-0.1, -0.05) is 15.9 Å². The molecule has 2 aliphatic heterocycles. The molecular formula is C7H9BrF2O. The molecule has 0 amide bonds. The average Bonchev–Trinajstić information content (AvgIpc) is 2.39. The van der Waals surface area contributed by atoms with Crippen LogP contribution in [0.5, 0.6) is 0 Å². The Morgan fingerprint density at radius 1 is 1.45 bits per heavy atom. The Hall–Kier alpha value is 0.300. The molecule has 1 nitrogen and oxygen atoms in total. The molecule has 3 aliphatic rings. The molecule has 0 spiro atoms. The van der Waals surface area contributed by atoms with Gasteiger partial charge in [-0.15, -0.1) is 0 Å². The summed E-state index contributed by atoms with van der Waals surface area (Å²) in [5.74, 6) is 0. The van der Waals surface area contributed by atoms with Crippen molar-refractivity contribution in [2.24, 2.45) is 5.41 Å². The van der Waals surface area contributed by atoms with Crippen molar-refractivity contribution in [2.45, 2.75) is 24.9 Å². The standard InChI is InChI=1S/C7H9BrF2O/c8-3-6-1-7(2-6,5(9)10)11-4-6/h5H,1-4H2. The molecule has 0 aromatic heterocycles. The predicted molar refractivity (Wildman–Crippen MR) is 40.1 cm³/mol. The highest BCUT2D eigenvalue weighted by Crippen LogP contribution is 2.60. The molecule has 1 saturated carbocycles. The summed E-state index contributed by atoms with van der Waals surface area (Å²) < 4.78 is 29.7. The number of hydrogen-bond donors (Lipinski definition) is 0. The third kappa shape index (κ3) is 0.886. The number of halogens is 3. The quantitative estimate of drug-likeness (QED) is 0.657. The lowest BCUT2D eigenvalue weighted by Gasteiger charge is -2.42. The number of hydrogen-bond acceptors (Lipinski definition) is 1. The summed E-state index contributed by atoms with van der Waals surface area (Å²) in [5.41, 5.74) is -1.02. The molecule has 64 valence electrons. The normalized spacial score (nSPS) is 48.0. The molecule has 0 radical (unpaired) electrons. The SMILES string of the molecule is FC(F)C12CC(CBr)(CO1)C2. The summed E-state index contributed by atoms with van der Waals surface area (Å²) in [6, 6.07) is 0. The largest absolute Gasteiger partial charge is 0.368 e. The van der Waals surface area contributed by atoms with Crippen LogP contribution >= 0.6 is 15.9 Å². The van der Waals surface area contributed by atoms with E-state index in [0.717, 1.165) is 5.33 Å². The summed E-state index contributed by atoms with van der Waals surface area (Å²) in [5, 5.41) is 0.786. The van der Waals surface area contributed by atoms with Crippen molar-refractivity contribution in [3.05, 3.63) is 0 Å². The third-order valence-electron chi connectivity index (χ3n) is 2.70. The minimum atomic E-state index is -2.31. The average molecular weight is 227 g/mol. The van der Waals surface area contributed by atoms with Gasteiger partial charge in [-0.2, -0.15) is 0 Å². The molecule has 0 aromatic carbocycles. The van der Waals surface area contributed by atoms with E-state index in [9.17, 15) is 8.78 Å². The Morgan fingerprint density at radius 3 is 2.36 bits per heavy atom. The van der Waals surface area contributed by atoms with Gasteiger partial charge >= 0.3 is 0 Å². The van der Waals surface area contributed by atoms with Gasteiger partial charge in [-0.25, -0.2) is 8.78 Å². The van der Waals surface area contributed by atoms with Crippen LogP contribution < -0.4 is 0 Å². The van der Waals surface area contributed by atoms with E-state index in [2.05, 4.69) is 15.9 Å². The molecule has 3 fully saturated rings. The second-order valence-corrected chi connectivity index (χ2v) is 4.20. The van der Waals surface area contributed by atoms with Gasteiger partial charge in [-0.3, -0.25) is 0 Å². The molecule has 0 aromatic rings. The zero-order valence-electron chi connectivity index (χ0n) is 5.95. The van der Waals surface area contributed by atoms with Crippen molar-refractivity contribution < 1.29 is 13.5 Å². The lowest BCUT2D eigenvalue weighted by atomic mass is 9.64. The predicted octanol–water partition coefficient (Wildman–Crippen LogP) is 2.20. The fourth-order valence-corrected chi connectivity index (χ4v) is 2.63. The zero-order valence-corrected chi connectivity index (χ0v) is 7.53. The molecule has 0 N–H and O–H groups in total. The van der Waals surface area contributed by atoms with Gasteiger partial charge in [0.05, 0.1) is 6.61 Å². The summed E-state index contributed by atoms with van der Waals surface area (Å²) in [7, 11) is 0. The molecule has 2 bridgehead atoms. The van der Waals surface area contributed by atoms with Gasteiger partial charge in [0.1, 0.15) is 5.60 Å². The van der Waals surface area contributed by atoms with E-state index in [0.29, 0.717) is 19.4 Å². The van der Waals surface area contributed by atoms with E-state index in [-0.39, 0.29) is 5.41 Å². The highest BCUT2D eigenvalue weighted by molar-refractivity contribution is 9.09. The minimum absolute atomic E-state index is 0.0381. The monoisotopic (exact) mass is 226 g/mol. The Balaban J connectivity index is 2.08. The smallest absolute Gasteiger partial charge is 0.267 e. The van der Waals surface area contributed by atoms with Crippen LogP contribution in [-0.4, -0.2) is 24.0 Å². The van der Waals surface area contributed by atoms with Gasteiger partial charge in [0.2, 0.25) is 0 Å². The lowest BCUT2D eigenvalue weighted by molar-refractivity contribution is -0.126. The van der Waals surface area contributed by atoms with Crippen LogP contribution in [0.2, 0.25) is 0 Å². The number of ether oxygens (including phenoxy) is 1. The van der Waals surface area contributed by atoms with Crippen LogP contribution in [0.15, 0.2) is 0 Å². The molecular weight excluding hydrogens is 218 g/mol. The van der Waals surface area contributed by atoms with Crippen LogP contribution in [0.4, 0.5) is 8.78 Å². The zero-order chi connectivity index (χ0) is 8.11. The first-order chi connectivity index (χ1) is 5.13. The van der Waals surface area contributed by atoms with E-state index in [1.54, 1.807) is 0 Å². The van der Waals surface area contributed by atoms with E-state index in [4.69, 9.17) is 4.74 Å². The van der Waals surface area contributed by atoms with E-state index < -0.39 is 12.0 Å². The Kier molecular flexibility index (Phi) is 1.56. The van der Waals surface area contributed by atoms with Gasteiger partial charge in [0.15, 0.2) is 0 Å². The van der Waals surface area contributed by atoms with Gasteiger partial charge in [-0.05, 0) is 12.8 Å². The van der Waals surface area contributed by atoms with Gasteiger partial charge < -0.3 is 4.74 Å². The molecule has 0 unspecified atom stereocenters. The summed E-state index contributed by atoms with van der Waals surface area (Å²) in [4.78, 5) is 0. The van der Waals surface area contributed by atoms with Crippen molar-refractivity contribution in [2.75, 3.05) is 11.9 Å². The second kappa shape index (κ2) is 2.16. The maximum absolute atomic E-state index is 12.3. The van der Waals surface area contributed by atoms with Crippen LogP contribution in [0.3, 0.4) is 0 Å². The van der Waals surface area contributed by atoms with Gasteiger partial charge in [0, 0.05) is 10.7 Å². The van der Waals surface area contributed by atoms with Crippen molar-refractivity contribution in [3.8, 4) is 0 Å². The van der Waals surface area contributed by atoms with E-state index >= 15 is 0 Å². The topological polar surface area (TPSA) is 9.23 Å². The fraction of sp³-hybridized carbons (Fsp3) is 1.00. The second-order valence-electron chi connectivity index (χ2n) is 3.64. The first-order valence-electron chi connectivity index (χ1n) is 3.61. The van der Waals surface area contributed by atoms with Crippen LogP contribution in [0, 0.1) is 5.41 Å². The number of rotatable bonds is 2. The lowest BCUT2D eigenvalue weighted by Crippen LogP contribution is -2.50. The van der Waals surface area contributed by atoms with E-state index in [1.807, 2.05) is 0 Å². The summed E-state index contributed by atoms with van der Waals surface area (Å²) in [6.45, 7) is 0.503. The molecule has 4 heteroatoms. The highest BCUT2D eigenvalue weighted by atomic mass is 79.9. The van der Waals surface area contributed by atoms with E-state index in [1.165, 1.54) is 0 Å². The maximum Gasteiger partial charge on any atom is 0.267 e. The first-order valence-corrected chi connectivity index (χ1v) is 4.73. The minimum Gasteiger partial charge on any atom is -0.368 e. The van der Waals surface area contributed by atoms with Gasteiger partial charge in [0.25, 0.3) is 6.43 Å². The van der Waals surface area contributed by atoms with Crippen molar-refractivity contribution >= 4 is 15.9 Å². The van der Waals surface area contributed by atoms with Crippen molar-refractivity contribution in [1.82, 2.24) is 0 Å². The highest BCUT2D eigenvalue weighted by Gasteiger charge is 2.66. The Bertz CT molecular complexity index is 177. The molecule has 2 heterocycles. The molecule has 11 heavy (non-hydrogen) atoms. The maximum atomic E-state index is 12.3. The number of fused-ring (bicyclic) bond motifs is 1. The summed E-state index contributed by atoms with van der Waals surface area (Å²) >= 11 is 3.32. The Labute approximate surface area is 72.2 Å². The third-order valence-corrected chi connectivity index (χ3v) is 3.88. The molecule has 1 aliphatic carbocycles. The fourth-order valence-electron chi connectivity index (χ4n) is 2.07. The molecule has 3 rings (SSSR count). The Morgan fingerprint density at radius 2 is 2.09 bits per heavy atom. The number of alkyl halides is 3. The summed E-state index contributed by atoms with van der Waals surface area (Å²) in [6.07, 6.45) is -1.25. The molecule has 0 atom stereocenters. The van der Waals surface area contributed by atoms with Crippen molar-refractivity contribution in [3.63, 3.8) is 0 Å².